The van der Waals surface area contributed by atoms with Crippen LogP contribution >= 0.6 is 11.8 Å². The van der Waals surface area contributed by atoms with Crippen LogP contribution < -0.4 is 14.9 Å². The first-order chi connectivity index (χ1) is 22.1. The first kappa shape index (κ1) is 34.8. The molecular formula is C33H41N5O6S2. The largest absolute Gasteiger partial charge is 0.379 e. The topological polar surface area (TPSA) is 142 Å². The fraction of sp³-hybridized carbons (Fsp3) is 0.394. The number of amides is 2. The average molecular weight is 668 g/mol. The third-order valence-corrected chi connectivity index (χ3v) is 10.2. The molecule has 4 rings (SSSR count). The van der Waals surface area contributed by atoms with Gasteiger partial charge in [-0.3, -0.25) is 19.7 Å². The number of nitro groups is 1. The summed E-state index contributed by atoms with van der Waals surface area (Å²) in [6.45, 7) is 7.18. The number of benzene rings is 3. The van der Waals surface area contributed by atoms with Crippen molar-refractivity contribution in [3.8, 4) is 0 Å². The Hall–Kier alpha value is -4.10. The lowest BCUT2D eigenvalue weighted by Gasteiger charge is -2.37. The second kappa shape index (κ2) is 16.5. The molecule has 46 heavy (non-hydrogen) atoms. The number of nitro benzene ring substituents is 1. The predicted molar refractivity (Wildman–Crippen MR) is 182 cm³/mol. The van der Waals surface area contributed by atoms with Crippen LogP contribution in [-0.4, -0.2) is 68.5 Å². The van der Waals surface area contributed by atoms with Gasteiger partial charge in [0.15, 0.2) is 0 Å². The molecule has 11 nitrogen and oxygen atoms in total. The Balaban J connectivity index is 1.33. The van der Waals surface area contributed by atoms with Crippen LogP contribution in [0.4, 0.5) is 17.1 Å². The first-order valence-corrected chi connectivity index (χ1v) is 18.0. The summed E-state index contributed by atoms with van der Waals surface area (Å²) in [6, 6.07) is 19.8. The SMILES string of the molecule is CCCC(CCC)C(=O)N1CCN(c2ccc(C(=O)NS(=O)(=O)c3ccc(NCCSc4ccccc4)c([N+](=O)[O-])c3)cc2)CC1. The van der Waals surface area contributed by atoms with E-state index in [0.717, 1.165) is 42.3 Å². The van der Waals surface area contributed by atoms with Crippen LogP contribution in [0.3, 0.4) is 0 Å². The van der Waals surface area contributed by atoms with Crippen molar-refractivity contribution in [3.63, 3.8) is 0 Å². The summed E-state index contributed by atoms with van der Waals surface area (Å²) in [4.78, 5) is 41.7. The molecule has 13 heteroatoms. The molecule has 0 radical (unpaired) electrons. The average Bonchev–Trinajstić information content (AvgIpc) is 3.06. The van der Waals surface area contributed by atoms with Gasteiger partial charge in [-0.2, -0.15) is 0 Å². The zero-order valence-corrected chi connectivity index (χ0v) is 27.8. The van der Waals surface area contributed by atoms with Gasteiger partial charge in [0.05, 0.1) is 9.82 Å². The summed E-state index contributed by atoms with van der Waals surface area (Å²) in [5.74, 6) is 0.101. The van der Waals surface area contributed by atoms with Crippen molar-refractivity contribution >= 4 is 50.7 Å². The lowest BCUT2D eigenvalue weighted by Crippen LogP contribution is -2.50. The highest BCUT2D eigenvalue weighted by molar-refractivity contribution is 7.99. The summed E-state index contributed by atoms with van der Waals surface area (Å²) >= 11 is 1.59. The number of rotatable bonds is 15. The molecule has 1 aliphatic rings. The molecule has 0 spiro atoms. The lowest BCUT2D eigenvalue weighted by molar-refractivity contribution is -0.384. The van der Waals surface area contributed by atoms with Crippen molar-refractivity contribution < 1.29 is 22.9 Å². The molecule has 0 unspecified atom stereocenters. The summed E-state index contributed by atoms with van der Waals surface area (Å²) in [6.07, 6.45) is 3.77. The van der Waals surface area contributed by atoms with Crippen LogP contribution in [0.15, 0.2) is 82.6 Å². The van der Waals surface area contributed by atoms with Crippen molar-refractivity contribution in [1.29, 1.82) is 0 Å². The van der Waals surface area contributed by atoms with Gasteiger partial charge < -0.3 is 15.1 Å². The van der Waals surface area contributed by atoms with E-state index in [1.54, 1.807) is 36.0 Å². The molecular weight excluding hydrogens is 627 g/mol. The van der Waals surface area contributed by atoms with Crippen molar-refractivity contribution in [2.24, 2.45) is 5.92 Å². The molecule has 1 fully saturated rings. The van der Waals surface area contributed by atoms with Gasteiger partial charge in [0, 0.05) is 66.6 Å². The molecule has 0 atom stereocenters. The second-order valence-electron chi connectivity index (χ2n) is 11.1. The van der Waals surface area contributed by atoms with Gasteiger partial charge in [0.1, 0.15) is 5.69 Å². The third-order valence-electron chi connectivity index (χ3n) is 7.84. The summed E-state index contributed by atoms with van der Waals surface area (Å²) in [5.41, 5.74) is 0.779. The summed E-state index contributed by atoms with van der Waals surface area (Å²) in [5, 5.41) is 14.7. The van der Waals surface area contributed by atoms with Gasteiger partial charge in [0.25, 0.3) is 21.6 Å². The fourth-order valence-electron chi connectivity index (χ4n) is 5.45. The summed E-state index contributed by atoms with van der Waals surface area (Å²) < 4.78 is 28.1. The highest BCUT2D eigenvalue weighted by Gasteiger charge is 2.27. The minimum Gasteiger partial charge on any atom is -0.379 e. The maximum absolute atomic E-state index is 13.0. The Morgan fingerprint density at radius 3 is 2.20 bits per heavy atom. The smallest absolute Gasteiger partial charge is 0.293 e. The van der Waals surface area contributed by atoms with Gasteiger partial charge in [-0.15, -0.1) is 11.8 Å². The molecule has 1 aliphatic heterocycles. The molecule has 246 valence electrons. The number of nitrogens with one attached hydrogen (secondary N) is 2. The van der Waals surface area contributed by atoms with Gasteiger partial charge in [-0.1, -0.05) is 44.9 Å². The van der Waals surface area contributed by atoms with E-state index in [4.69, 9.17) is 0 Å². The third kappa shape index (κ3) is 9.23. The number of carbonyl (C=O) groups is 2. The molecule has 0 bridgehead atoms. The minimum absolute atomic E-state index is 0.0747. The van der Waals surface area contributed by atoms with E-state index in [1.807, 2.05) is 40.0 Å². The van der Waals surface area contributed by atoms with E-state index in [2.05, 4.69) is 24.1 Å². The van der Waals surface area contributed by atoms with Crippen LogP contribution in [0.1, 0.15) is 49.9 Å². The highest BCUT2D eigenvalue weighted by atomic mass is 32.2. The van der Waals surface area contributed by atoms with E-state index in [-0.39, 0.29) is 28.0 Å². The number of hydrogen-bond donors (Lipinski definition) is 2. The Morgan fingerprint density at radius 1 is 0.935 bits per heavy atom. The number of carbonyl (C=O) groups excluding carboxylic acids is 2. The molecule has 1 saturated heterocycles. The lowest BCUT2D eigenvalue weighted by atomic mass is 9.96. The molecule has 3 aromatic carbocycles. The van der Waals surface area contributed by atoms with Crippen molar-refractivity contribution in [2.45, 2.75) is 49.3 Å². The quantitative estimate of drug-likeness (QED) is 0.0892. The van der Waals surface area contributed by atoms with E-state index in [1.165, 1.54) is 12.1 Å². The van der Waals surface area contributed by atoms with Crippen LogP contribution in [0.5, 0.6) is 0 Å². The van der Waals surface area contributed by atoms with Gasteiger partial charge in [-0.05, 0) is 61.4 Å². The van der Waals surface area contributed by atoms with E-state index in [9.17, 15) is 28.1 Å². The van der Waals surface area contributed by atoms with Crippen LogP contribution in [0, 0.1) is 16.0 Å². The van der Waals surface area contributed by atoms with Crippen LogP contribution in [-0.2, 0) is 14.8 Å². The Bertz CT molecular complexity index is 1590. The number of thioether (sulfide) groups is 1. The Morgan fingerprint density at radius 2 is 1.59 bits per heavy atom. The van der Waals surface area contributed by atoms with Crippen molar-refractivity contribution in [3.05, 3.63) is 88.5 Å². The van der Waals surface area contributed by atoms with E-state index < -0.39 is 26.5 Å². The van der Waals surface area contributed by atoms with Crippen LogP contribution in [0.25, 0.3) is 0 Å². The standard InChI is InChI=1S/C33H41N5O6S2/c1-3-8-26(9-4-2)33(40)37-21-19-36(20-22-37)27-14-12-25(13-15-27)32(39)35-46(43,44)29-16-17-30(31(24-29)38(41)42)34-18-23-45-28-10-6-5-7-11-28/h5-7,10-17,24,26,34H,3-4,8-9,18-23H2,1-2H3,(H,35,39). The van der Waals surface area contributed by atoms with E-state index >= 15 is 0 Å². The highest BCUT2D eigenvalue weighted by Crippen LogP contribution is 2.28. The minimum atomic E-state index is -4.39. The molecule has 3 aromatic rings. The normalized spacial score (nSPS) is 13.5. The predicted octanol–water partition coefficient (Wildman–Crippen LogP) is 5.78. The number of anilines is 2. The monoisotopic (exact) mass is 667 g/mol. The van der Waals surface area contributed by atoms with Gasteiger partial charge >= 0.3 is 0 Å². The van der Waals surface area contributed by atoms with Gasteiger partial charge in [-0.25, -0.2) is 13.1 Å². The second-order valence-corrected chi connectivity index (χ2v) is 13.9. The van der Waals surface area contributed by atoms with Crippen molar-refractivity contribution in [2.75, 3.05) is 48.7 Å². The van der Waals surface area contributed by atoms with Crippen LogP contribution in [0.2, 0.25) is 0 Å². The zero-order chi connectivity index (χ0) is 33.1. The molecule has 0 aliphatic carbocycles. The number of sulfonamides is 1. The molecule has 2 N–H and O–H groups in total. The van der Waals surface area contributed by atoms with E-state index in [0.29, 0.717) is 38.5 Å². The maximum Gasteiger partial charge on any atom is 0.293 e. The maximum atomic E-state index is 13.0. The Labute approximate surface area is 274 Å². The zero-order valence-electron chi connectivity index (χ0n) is 26.2. The number of piperazine rings is 1. The molecule has 2 amide bonds. The molecule has 1 heterocycles. The summed E-state index contributed by atoms with van der Waals surface area (Å²) in [7, 11) is -4.39. The molecule has 0 aromatic heterocycles. The van der Waals surface area contributed by atoms with Gasteiger partial charge in [0.2, 0.25) is 5.91 Å². The molecule has 0 saturated carbocycles. The first-order valence-electron chi connectivity index (χ1n) is 15.5. The number of nitrogens with zero attached hydrogens (tertiary/aromatic N) is 3. The number of hydrogen-bond acceptors (Lipinski definition) is 9. The van der Waals surface area contributed by atoms with Crippen molar-refractivity contribution in [1.82, 2.24) is 9.62 Å². The Kier molecular flexibility index (Phi) is 12.4. The fourth-order valence-corrected chi connectivity index (χ4v) is 7.23.